The highest BCUT2D eigenvalue weighted by Crippen LogP contribution is 2.21. The van der Waals surface area contributed by atoms with Crippen molar-refractivity contribution in [3.63, 3.8) is 0 Å². The van der Waals surface area contributed by atoms with Gasteiger partial charge in [0.25, 0.3) is 0 Å². The van der Waals surface area contributed by atoms with Gasteiger partial charge < -0.3 is 15.4 Å². The number of nitrogens with two attached hydrogens (primary N) is 1. The Kier molecular flexibility index (Phi) is 5.83. The number of rotatable bonds is 5. The molecule has 1 aliphatic heterocycles. The Morgan fingerprint density at radius 3 is 2.50 bits per heavy atom. The van der Waals surface area contributed by atoms with Crippen LogP contribution in [0.25, 0.3) is 0 Å². The molecule has 26 heavy (non-hydrogen) atoms. The average molecular weight is 372 g/mol. The second-order valence-corrected chi connectivity index (χ2v) is 6.80. The Labute approximate surface area is 157 Å². The molecule has 3 rings (SSSR count). The molecule has 1 heterocycles. The summed E-state index contributed by atoms with van der Waals surface area (Å²) in [4.78, 5) is 14.1. The number of nitrogens with zero attached hydrogens (tertiary/aromatic N) is 1. The zero-order chi connectivity index (χ0) is 18.5. The molecule has 1 saturated heterocycles. The highest BCUT2D eigenvalue weighted by Gasteiger charge is 2.24. The lowest BCUT2D eigenvalue weighted by molar-refractivity contribution is -0.122. The van der Waals surface area contributed by atoms with Gasteiger partial charge in [-0.15, -0.1) is 0 Å². The largest absolute Gasteiger partial charge is 0.489 e. The number of benzene rings is 2. The van der Waals surface area contributed by atoms with Crippen LogP contribution in [0.15, 0.2) is 48.5 Å². The molecule has 2 aromatic carbocycles. The minimum Gasteiger partial charge on any atom is -0.489 e. The Hall–Kier alpha value is -2.47. The standard InChI is InChI=1S/C20H21FN2O2S/c21-17-3-1-2-14(12-17)13-25-18-6-4-16(5-7-18)20(26)23-10-8-15(9-11-23)19(22)24/h1-7,12,15H,8-11,13H2,(H2,22,24). The van der Waals surface area contributed by atoms with E-state index in [0.717, 1.165) is 42.0 Å². The zero-order valence-corrected chi connectivity index (χ0v) is 15.2. The number of piperidine rings is 1. The summed E-state index contributed by atoms with van der Waals surface area (Å²) in [5, 5.41) is 0. The third-order valence-corrected chi connectivity index (χ3v) is 5.07. The van der Waals surface area contributed by atoms with Crippen LogP contribution in [0, 0.1) is 11.7 Å². The van der Waals surface area contributed by atoms with Gasteiger partial charge in [-0.05, 0) is 54.8 Å². The molecule has 0 unspecified atom stereocenters. The summed E-state index contributed by atoms with van der Waals surface area (Å²) in [6.07, 6.45) is 1.48. The minimum atomic E-state index is -0.271. The first kappa shape index (κ1) is 18.3. The summed E-state index contributed by atoms with van der Waals surface area (Å²) < 4.78 is 18.9. The minimum absolute atomic E-state index is 0.0485. The fourth-order valence-electron chi connectivity index (χ4n) is 3.04. The zero-order valence-electron chi connectivity index (χ0n) is 14.4. The molecule has 4 nitrogen and oxygen atoms in total. The van der Waals surface area contributed by atoms with Crippen LogP contribution in [0.2, 0.25) is 0 Å². The van der Waals surface area contributed by atoms with E-state index in [0.29, 0.717) is 12.4 Å². The highest BCUT2D eigenvalue weighted by molar-refractivity contribution is 7.80. The van der Waals surface area contributed by atoms with E-state index < -0.39 is 0 Å². The lowest BCUT2D eigenvalue weighted by Crippen LogP contribution is -2.41. The normalized spacial score (nSPS) is 14.9. The first-order valence-corrected chi connectivity index (χ1v) is 8.99. The fraction of sp³-hybridized carbons (Fsp3) is 0.300. The van der Waals surface area contributed by atoms with Crippen LogP contribution in [0.4, 0.5) is 4.39 Å². The molecule has 0 saturated carbocycles. The van der Waals surface area contributed by atoms with Gasteiger partial charge >= 0.3 is 0 Å². The molecule has 0 aliphatic carbocycles. The molecule has 136 valence electrons. The van der Waals surface area contributed by atoms with Crippen molar-refractivity contribution in [2.75, 3.05) is 13.1 Å². The molecule has 6 heteroatoms. The molecule has 2 N–H and O–H groups in total. The van der Waals surface area contributed by atoms with Gasteiger partial charge in [0.2, 0.25) is 5.91 Å². The van der Waals surface area contributed by atoms with Crippen molar-refractivity contribution in [1.82, 2.24) is 4.90 Å². The van der Waals surface area contributed by atoms with E-state index in [2.05, 4.69) is 4.90 Å². The number of amides is 1. The smallest absolute Gasteiger partial charge is 0.220 e. The first-order valence-electron chi connectivity index (χ1n) is 8.59. The Balaban J connectivity index is 1.55. The number of likely N-dealkylation sites (tertiary alicyclic amines) is 1. The van der Waals surface area contributed by atoms with E-state index in [-0.39, 0.29) is 17.6 Å². The van der Waals surface area contributed by atoms with E-state index in [4.69, 9.17) is 22.7 Å². The third kappa shape index (κ3) is 4.58. The number of hydrogen-bond donors (Lipinski definition) is 1. The molecule has 1 fully saturated rings. The summed E-state index contributed by atoms with van der Waals surface area (Å²) in [6.45, 7) is 1.79. The Morgan fingerprint density at radius 2 is 1.88 bits per heavy atom. The molecule has 1 aliphatic rings. The van der Waals surface area contributed by atoms with Crippen LogP contribution in [0.3, 0.4) is 0 Å². The summed E-state index contributed by atoms with van der Waals surface area (Å²) in [5.41, 5.74) is 7.09. The van der Waals surface area contributed by atoms with Crippen molar-refractivity contribution in [3.8, 4) is 5.75 Å². The topological polar surface area (TPSA) is 55.6 Å². The molecular formula is C20H21FN2O2S. The summed E-state index contributed by atoms with van der Waals surface area (Å²) in [6, 6.07) is 13.9. The molecule has 0 aromatic heterocycles. The van der Waals surface area contributed by atoms with Crippen LogP contribution in [-0.2, 0) is 11.4 Å². The van der Waals surface area contributed by atoms with Gasteiger partial charge in [0.15, 0.2) is 0 Å². The van der Waals surface area contributed by atoms with Crippen LogP contribution >= 0.6 is 12.2 Å². The monoisotopic (exact) mass is 372 g/mol. The lowest BCUT2D eigenvalue weighted by Gasteiger charge is -2.32. The molecule has 0 spiro atoms. The van der Waals surface area contributed by atoms with Crippen molar-refractivity contribution in [3.05, 3.63) is 65.5 Å². The summed E-state index contributed by atoms with van der Waals surface area (Å²) in [7, 11) is 0. The van der Waals surface area contributed by atoms with E-state index in [9.17, 15) is 9.18 Å². The van der Waals surface area contributed by atoms with Gasteiger partial charge in [-0.1, -0.05) is 24.4 Å². The van der Waals surface area contributed by atoms with Crippen molar-refractivity contribution in [2.24, 2.45) is 11.7 Å². The number of halogens is 1. The second-order valence-electron chi connectivity index (χ2n) is 6.41. The van der Waals surface area contributed by atoms with Crippen LogP contribution in [-0.4, -0.2) is 28.9 Å². The maximum atomic E-state index is 13.2. The van der Waals surface area contributed by atoms with Gasteiger partial charge in [-0.25, -0.2) is 4.39 Å². The highest BCUT2D eigenvalue weighted by atomic mass is 32.1. The number of primary amides is 1. The second kappa shape index (κ2) is 8.27. The summed E-state index contributed by atoms with van der Waals surface area (Å²) in [5.74, 6) is 0.156. The maximum absolute atomic E-state index is 13.2. The Bertz CT molecular complexity index is 787. The molecule has 0 bridgehead atoms. The quantitative estimate of drug-likeness (QED) is 0.819. The lowest BCUT2D eigenvalue weighted by atomic mass is 9.96. The SMILES string of the molecule is NC(=O)C1CCN(C(=S)c2ccc(OCc3cccc(F)c3)cc2)CC1. The van der Waals surface area contributed by atoms with Crippen LogP contribution < -0.4 is 10.5 Å². The molecule has 1 amide bonds. The van der Waals surface area contributed by atoms with Crippen molar-refractivity contribution in [2.45, 2.75) is 19.4 Å². The number of carbonyl (C=O) groups is 1. The number of thiocarbonyl (C=S) groups is 1. The Morgan fingerprint density at radius 1 is 1.19 bits per heavy atom. The average Bonchev–Trinajstić information content (AvgIpc) is 2.66. The number of hydrogen-bond acceptors (Lipinski definition) is 3. The van der Waals surface area contributed by atoms with E-state index in [1.54, 1.807) is 6.07 Å². The first-order chi connectivity index (χ1) is 12.5. The third-order valence-electron chi connectivity index (χ3n) is 4.58. The number of carbonyl (C=O) groups excluding carboxylic acids is 1. The maximum Gasteiger partial charge on any atom is 0.220 e. The van der Waals surface area contributed by atoms with Crippen molar-refractivity contribution in [1.29, 1.82) is 0 Å². The predicted octanol–water partition coefficient (Wildman–Crippen LogP) is 3.28. The van der Waals surface area contributed by atoms with Gasteiger partial charge in [-0.3, -0.25) is 4.79 Å². The van der Waals surface area contributed by atoms with Crippen LogP contribution in [0.1, 0.15) is 24.0 Å². The van der Waals surface area contributed by atoms with Crippen molar-refractivity contribution >= 4 is 23.1 Å². The van der Waals surface area contributed by atoms with Gasteiger partial charge in [-0.2, -0.15) is 0 Å². The molecule has 2 aromatic rings. The summed E-state index contributed by atoms with van der Waals surface area (Å²) >= 11 is 5.57. The number of ether oxygens (including phenoxy) is 1. The van der Waals surface area contributed by atoms with Gasteiger partial charge in [0, 0.05) is 24.6 Å². The van der Waals surface area contributed by atoms with Crippen LogP contribution in [0.5, 0.6) is 5.75 Å². The van der Waals surface area contributed by atoms with Gasteiger partial charge in [0.1, 0.15) is 23.2 Å². The fourth-order valence-corrected chi connectivity index (χ4v) is 3.36. The predicted molar refractivity (Wildman–Crippen MR) is 102 cm³/mol. The van der Waals surface area contributed by atoms with E-state index in [1.165, 1.54) is 12.1 Å². The molecule has 0 atom stereocenters. The van der Waals surface area contributed by atoms with E-state index in [1.807, 2.05) is 30.3 Å². The van der Waals surface area contributed by atoms with Gasteiger partial charge in [0.05, 0.1) is 0 Å². The molecule has 0 radical (unpaired) electrons. The molecular weight excluding hydrogens is 351 g/mol. The van der Waals surface area contributed by atoms with E-state index >= 15 is 0 Å². The van der Waals surface area contributed by atoms with Crippen molar-refractivity contribution < 1.29 is 13.9 Å².